The first-order valence-electron chi connectivity index (χ1n) is 9.81. The molecule has 0 heterocycles. The Hall–Kier alpha value is -2.44. The van der Waals surface area contributed by atoms with Crippen LogP contribution in [0, 0.1) is 5.92 Å². The van der Waals surface area contributed by atoms with E-state index in [1.165, 1.54) is 32.1 Å². The monoisotopic (exact) mass is 386 g/mol. The van der Waals surface area contributed by atoms with E-state index in [2.05, 4.69) is 0 Å². The molecule has 0 amide bonds. The van der Waals surface area contributed by atoms with Gasteiger partial charge in [-0.1, -0.05) is 74.6 Å². The summed E-state index contributed by atoms with van der Waals surface area (Å²) in [6, 6.07) is 12.4. The van der Waals surface area contributed by atoms with Crippen molar-refractivity contribution < 1.29 is 19.8 Å². The summed E-state index contributed by atoms with van der Waals surface area (Å²) in [5.41, 5.74) is 11.9. The van der Waals surface area contributed by atoms with E-state index in [-0.39, 0.29) is 0 Å². The molecule has 6 heteroatoms. The van der Waals surface area contributed by atoms with Crippen LogP contribution in [-0.4, -0.2) is 34.2 Å². The van der Waals surface area contributed by atoms with Crippen LogP contribution in [0.3, 0.4) is 0 Å². The summed E-state index contributed by atoms with van der Waals surface area (Å²) in [5, 5.41) is 19.6. The molecular weight excluding hydrogens is 356 g/mol. The first kappa shape index (κ1) is 21.9. The summed E-state index contributed by atoms with van der Waals surface area (Å²) in [6.07, 6.45) is 7.16. The highest BCUT2D eigenvalue weighted by molar-refractivity contribution is 5.83. The fraction of sp³-hybridized carbons (Fsp3) is 0.455. The van der Waals surface area contributed by atoms with Gasteiger partial charge in [0.05, 0.1) is 0 Å². The summed E-state index contributed by atoms with van der Waals surface area (Å²) in [5.74, 6) is -1.27. The molecule has 1 saturated carbocycles. The summed E-state index contributed by atoms with van der Waals surface area (Å²) in [4.78, 5) is 21.1. The molecule has 1 fully saturated rings. The average molecular weight is 386 g/mol. The number of hydrogen-bond donors (Lipinski definition) is 4. The van der Waals surface area contributed by atoms with Crippen molar-refractivity contribution in [3.05, 3.63) is 48.0 Å². The van der Waals surface area contributed by atoms with Crippen molar-refractivity contribution in [2.75, 3.05) is 0 Å². The normalized spacial score (nSPS) is 16.6. The van der Waals surface area contributed by atoms with Gasteiger partial charge in [0.2, 0.25) is 0 Å². The molecule has 0 radical (unpaired) electrons. The minimum Gasteiger partial charge on any atom is -0.480 e. The third kappa shape index (κ3) is 6.94. The molecule has 28 heavy (non-hydrogen) atoms. The van der Waals surface area contributed by atoms with Crippen LogP contribution in [-0.2, 0) is 16.0 Å². The van der Waals surface area contributed by atoms with Crippen molar-refractivity contribution in [1.82, 2.24) is 0 Å². The lowest BCUT2D eigenvalue weighted by Gasteiger charge is -2.22. The van der Waals surface area contributed by atoms with Gasteiger partial charge in [0, 0.05) is 0 Å². The van der Waals surface area contributed by atoms with Gasteiger partial charge < -0.3 is 21.7 Å². The van der Waals surface area contributed by atoms with Crippen LogP contribution < -0.4 is 11.5 Å². The molecule has 0 aromatic heterocycles. The zero-order valence-corrected chi connectivity index (χ0v) is 16.1. The van der Waals surface area contributed by atoms with E-state index < -0.39 is 24.0 Å². The Kier molecular flexibility index (Phi) is 8.42. The molecule has 0 unspecified atom stereocenters. The van der Waals surface area contributed by atoms with Crippen LogP contribution in [0.1, 0.15) is 44.1 Å². The Balaban J connectivity index is 0.000000209. The minimum atomic E-state index is -0.965. The molecule has 6 nitrogen and oxygen atoms in total. The Morgan fingerprint density at radius 1 is 0.893 bits per heavy atom. The van der Waals surface area contributed by atoms with Gasteiger partial charge >= 0.3 is 11.9 Å². The SMILES string of the molecule is N[C@@H](CC1CCCCC1)C(=O)O.N[C@@H](Cc1ccc2ccccc2c1)C(=O)O. The first-order chi connectivity index (χ1) is 13.4. The summed E-state index contributed by atoms with van der Waals surface area (Å²) < 4.78 is 0. The average Bonchev–Trinajstić information content (AvgIpc) is 2.69. The molecule has 6 N–H and O–H groups in total. The number of carbonyl (C=O) groups is 2. The molecular formula is C22H30N2O4. The molecule has 152 valence electrons. The van der Waals surface area contributed by atoms with Gasteiger partial charge in [-0.2, -0.15) is 0 Å². The lowest BCUT2D eigenvalue weighted by Crippen LogP contribution is -2.32. The van der Waals surface area contributed by atoms with E-state index in [9.17, 15) is 9.59 Å². The fourth-order valence-electron chi connectivity index (χ4n) is 3.59. The summed E-state index contributed by atoms with van der Waals surface area (Å²) in [7, 11) is 0. The molecule has 0 bridgehead atoms. The zero-order chi connectivity index (χ0) is 20.5. The molecule has 2 aromatic rings. The van der Waals surface area contributed by atoms with Crippen molar-refractivity contribution >= 4 is 22.7 Å². The van der Waals surface area contributed by atoms with Crippen LogP contribution in [0.2, 0.25) is 0 Å². The Bertz CT molecular complexity index is 787. The maximum atomic E-state index is 10.6. The second-order valence-corrected chi connectivity index (χ2v) is 7.51. The second-order valence-electron chi connectivity index (χ2n) is 7.51. The maximum Gasteiger partial charge on any atom is 0.320 e. The molecule has 2 aromatic carbocycles. The summed E-state index contributed by atoms with van der Waals surface area (Å²) >= 11 is 0. The Morgan fingerprint density at radius 2 is 1.50 bits per heavy atom. The predicted molar refractivity (Wildman–Crippen MR) is 110 cm³/mol. The molecule has 2 atom stereocenters. The van der Waals surface area contributed by atoms with Crippen LogP contribution in [0.25, 0.3) is 10.8 Å². The number of carboxylic acids is 2. The molecule has 3 rings (SSSR count). The largest absolute Gasteiger partial charge is 0.480 e. The van der Waals surface area contributed by atoms with E-state index >= 15 is 0 Å². The molecule has 1 aliphatic carbocycles. The van der Waals surface area contributed by atoms with Crippen LogP contribution >= 0.6 is 0 Å². The zero-order valence-electron chi connectivity index (χ0n) is 16.1. The van der Waals surface area contributed by atoms with Gasteiger partial charge in [-0.15, -0.1) is 0 Å². The van der Waals surface area contributed by atoms with E-state index in [4.69, 9.17) is 21.7 Å². The highest BCUT2D eigenvalue weighted by Gasteiger charge is 2.20. The minimum absolute atomic E-state index is 0.361. The Labute approximate surface area is 165 Å². The number of rotatable bonds is 6. The van der Waals surface area contributed by atoms with Crippen molar-refractivity contribution in [1.29, 1.82) is 0 Å². The Morgan fingerprint density at radius 3 is 2.11 bits per heavy atom. The lowest BCUT2D eigenvalue weighted by molar-refractivity contribution is -0.139. The van der Waals surface area contributed by atoms with Crippen molar-refractivity contribution in [3.63, 3.8) is 0 Å². The number of carboxylic acid groups (broad SMARTS) is 2. The van der Waals surface area contributed by atoms with Crippen LogP contribution in [0.15, 0.2) is 42.5 Å². The van der Waals surface area contributed by atoms with E-state index in [0.717, 1.165) is 16.3 Å². The van der Waals surface area contributed by atoms with Gasteiger partial charge in [-0.05, 0) is 35.1 Å². The molecule has 0 spiro atoms. The fourth-order valence-corrected chi connectivity index (χ4v) is 3.59. The number of fused-ring (bicyclic) bond motifs is 1. The topological polar surface area (TPSA) is 127 Å². The number of benzene rings is 2. The molecule has 0 saturated heterocycles. The number of aliphatic carboxylic acids is 2. The molecule has 0 aliphatic heterocycles. The molecule has 1 aliphatic rings. The third-order valence-electron chi connectivity index (χ3n) is 5.22. The maximum absolute atomic E-state index is 10.6. The smallest absolute Gasteiger partial charge is 0.320 e. The highest BCUT2D eigenvalue weighted by atomic mass is 16.4. The summed E-state index contributed by atoms with van der Waals surface area (Å²) in [6.45, 7) is 0. The van der Waals surface area contributed by atoms with Gasteiger partial charge in [0.15, 0.2) is 0 Å². The van der Waals surface area contributed by atoms with Crippen molar-refractivity contribution in [3.8, 4) is 0 Å². The number of hydrogen-bond acceptors (Lipinski definition) is 4. The standard InChI is InChI=1S/C13H13NO2.C9H17NO2/c14-12(13(15)16)8-9-5-6-10-3-1-2-4-11(10)7-9;10-8(9(11)12)6-7-4-2-1-3-5-7/h1-7,12H,8,14H2,(H,15,16);7-8H,1-6,10H2,(H,11,12)/t12-;8-/m00/s1. The third-order valence-corrected chi connectivity index (χ3v) is 5.22. The van der Waals surface area contributed by atoms with Gasteiger partial charge in [-0.25, -0.2) is 0 Å². The van der Waals surface area contributed by atoms with E-state index in [1.54, 1.807) is 0 Å². The van der Waals surface area contributed by atoms with Crippen molar-refractivity contribution in [2.45, 2.75) is 57.0 Å². The second kappa shape index (κ2) is 10.8. The van der Waals surface area contributed by atoms with Gasteiger partial charge in [-0.3, -0.25) is 9.59 Å². The first-order valence-corrected chi connectivity index (χ1v) is 9.81. The highest BCUT2D eigenvalue weighted by Crippen LogP contribution is 2.26. The number of nitrogens with two attached hydrogens (primary N) is 2. The van der Waals surface area contributed by atoms with Crippen LogP contribution in [0.4, 0.5) is 0 Å². The van der Waals surface area contributed by atoms with Crippen molar-refractivity contribution in [2.24, 2.45) is 17.4 Å². The van der Waals surface area contributed by atoms with E-state index in [1.807, 2.05) is 42.5 Å². The van der Waals surface area contributed by atoms with E-state index in [0.29, 0.717) is 18.8 Å². The predicted octanol–water partition coefficient (Wildman–Crippen LogP) is 3.16. The van der Waals surface area contributed by atoms with Gasteiger partial charge in [0.25, 0.3) is 0 Å². The quantitative estimate of drug-likeness (QED) is 0.604. The van der Waals surface area contributed by atoms with Crippen LogP contribution in [0.5, 0.6) is 0 Å². The lowest BCUT2D eigenvalue weighted by atomic mass is 9.85. The van der Waals surface area contributed by atoms with Gasteiger partial charge in [0.1, 0.15) is 12.1 Å².